The summed E-state index contributed by atoms with van der Waals surface area (Å²) < 4.78 is 30.8. The summed E-state index contributed by atoms with van der Waals surface area (Å²) in [6, 6.07) is 53.4. The van der Waals surface area contributed by atoms with E-state index in [1.807, 2.05) is 167 Å². The number of aromatic nitrogens is 8. The smallest absolute Gasteiger partial charge is 0.266 e. The molecule has 4 saturated heterocycles. The highest BCUT2D eigenvalue weighted by Gasteiger charge is 2.29. The average Bonchev–Trinajstić information content (AvgIpc) is 0.771. The number of carbonyl (C=O) groups is 2. The molecule has 0 radical (unpaired) electrons. The first-order valence-corrected chi connectivity index (χ1v) is 52.6. The summed E-state index contributed by atoms with van der Waals surface area (Å²) in [6.45, 7) is 44.1. The largest absolute Gasteiger partial charge is 0.492 e. The van der Waals surface area contributed by atoms with E-state index in [1.54, 1.807) is 36.5 Å². The van der Waals surface area contributed by atoms with Crippen LogP contribution in [0.2, 0.25) is 0 Å². The van der Waals surface area contributed by atoms with E-state index in [0.717, 1.165) is 222 Å². The summed E-state index contributed by atoms with van der Waals surface area (Å²) >= 11 is 0. The predicted octanol–water partition coefficient (Wildman–Crippen LogP) is 12.8. The molecule has 4 fully saturated rings. The zero-order valence-electron chi connectivity index (χ0n) is 86.2. The van der Waals surface area contributed by atoms with Crippen molar-refractivity contribution in [1.29, 1.82) is 0 Å². The third-order valence-electron chi connectivity index (χ3n) is 27.2. The number of fused-ring (bicyclic) bond motifs is 4. The van der Waals surface area contributed by atoms with E-state index < -0.39 is 0 Å². The number of anilines is 2. The van der Waals surface area contributed by atoms with Crippen molar-refractivity contribution in [3.8, 4) is 45.7 Å². The van der Waals surface area contributed by atoms with Crippen LogP contribution in [0.1, 0.15) is 160 Å². The van der Waals surface area contributed by atoms with E-state index in [2.05, 4.69) is 89.7 Å². The van der Waals surface area contributed by atoms with Gasteiger partial charge in [-0.1, -0.05) is 108 Å². The molecular weight excluding hydrogens is 1810 g/mol. The highest BCUT2D eigenvalue weighted by molar-refractivity contribution is 5.93. The third kappa shape index (κ3) is 29.7. The van der Waals surface area contributed by atoms with Crippen LogP contribution in [0.15, 0.2) is 189 Å². The zero-order chi connectivity index (χ0) is 102. The lowest BCUT2D eigenvalue weighted by Crippen LogP contribution is -2.46. The molecule has 8 heterocycles. The fraction of sp³-hybridized carbons (Fsp3) is 0.482. The van der Waals surface area contributed by atoms with E-state index in [1.165, 1.54) is 24.8 Å². The Balaban J connectivity index is 0.000000161. The number of unbranched alkanes of at least 4 members (excludes halogenated alkanes) is 5. The van der Waals surface area contributed by atoms with Gasteiger partial charge in [0.15, 0.2) is 0 Å². The number of nitrogens with one attached hydrogen (secondary N) is 2. The number of hydrogen-bond donors (Lipinski definition) is 6. The number of amides is 1. The Kier molecular flexibility index (Phi) is 42.8. The van der Waals surface area contributed by atoms with Crippen LogP contribution < -0.4 is 74.8 Å². The lowest BCUT2D eigenvalue weighted by Gasteiger charge is -2.34. The lowest BCUT2D eigenvalue weighted by molar-refractivity contribution is -0.118. The minimum absolute atomic E-state index is 0.0404. The standard InChI is InChI=1S/C30H43N5O2.C28H37N5O3.C27H36N6O3.C27H38N6O2/c1-3-33-18-20-34(21-19-33)23-29-32-26-14-10-9-13-25(26)30(36)35(29)27-16-15-24(22-28(27)37-4-2)12-8-6-5-7-11-17-31;1-3-31-14-16-32(17-15-31)20-27-30-24-10-6-5-9-23(24)28(35)33(27)25-12-11-21(19-26(25)36-4-2)18-22(34)8-7-13-29;1-3-31-14-16-32(17-15-31)19-25-30-22-18-20(29-26(34)10-7-13-28)11-12-21(22)27(35)33(25)23-8-5-6-9-24(23)36-4-2;1-3-31-15-17-32(18-16-31)20-26-30-23-19-21(29-14-8-7-13-28)11-12-22(23)27(34)33(26)24-9-5-6-10-25(24)35-4-2/h9-10,13-16,22H,3-8,11-12,17-21,23,31H2,1-2H3;5-6,9-12,19H,3-4,7-8,13-18,20,29H2,1-2H3;5-6,8-9,11-12,18H,3-4,7,10,13-17,19,28H2,1-2H3,(H,29,34);5-6,9-12,19,29H,3-4,7-8,13-18,20,28H2,1-2H3. The number of para-hydroxylation sites is 6. The van der Waals surface area contributed by atoms with Crippen molar-refractivity contribution in [1.82, 2.24) is 77.4 Å². The Bertz CT molecular complexity index is 6390. The molecule has 1 amide bonds. The van der Waals surface area contributed by atoms with Crippen molar-refractivity contribution >= 4 is 66.7 Å². The van der Waals surface area contributed by atoms with Crippen LogP contribution in [0.3, 0.4) is 0 Å². The van der Waals surface area contributed by atoms with E-state index in [-0.39, 0.29) is 33.9 Å². The first kappa shape index (κ1) is 109. The van der Waals surface area contributed by atoms with Gasteiger partial charge in [-0.15, -0.1) is 0 Å². The maximum atomic E-state index is 13.9. The van der Waals surface area contributed by atoms with E-state index in [4.69, 9.17) is 61.8 Å². The average molecular weight is 1970 g/mol. The molecule has 0 saturated carbocycles. The molecule has 0 unspecified atom stereocenters. The number of likely N-dealkylation sites (N-methyl/N-ethyl adjacent to an activating group) is 4. The molecule has 16 rings (SSSR count). The molecule has 144 heavy (non-hydrogen) atoms. The van der Waals surface area contributed by atoms with Crippen molar-refractivity contribution in [2.45, 2.75) is 165 Å². The Labute approximate surface area is 848 Å². The van der Waals surface area contributed by atoms with Crippen LogP contribution in [-0.4, -0.2) is 279 Å². The highest BCUT2D eigenvalue weighted by Crippen LogP contribution is 2.33. The molecule has 772 valence electrons. The summed E-state index contributed by atoms with van der Waals surface area (Å²) in [4.78, 5) is 119. The van der Waals surface area contributed by atoms with Gasteiger partial charge in [0.25, 0.3) is 22.2 Å². The van der Waals surface area contributed by atoms with Crippen LogP contribution in [0, 0.1) is 0 Å². The Morgan fingerprint density at radius 2 is 0.639 bits per heavy atom. The molecule has 10 N–H and O–H groups in total. The minimum atomic E-state index is -0.157. The fourth-order valence-corrected chi connectivity index (χ4v) is 19.0. The van der Waals surface area contributed by atoms with Gasteiger partial charge in [0.2, 0.25) is 5.91 Å². The number of Topliss-reactive ketones (excluding diaryl/α,β-unsaturated/α-hetero) is 1. The summed E-state index contributed by atoms with van der Waals surface area (Å²) in [5.74, 6) is 5.55. The van der Waals surface area contributed by atoms with Crippen LogP contribution in [0.5, 0.6) is 23.0 Å². The normalized spacial score (nSPS) is 14.9. The van der Waals surface area contributed by atoms with Crippen LogP contribution in [0.4, 0.5) is 11.4 Å². The Hall–Kier alpha value is -12.0. The fourth-order valence-electron chi connectivity index (χ4n) is 19.0. The van der Waals surface area contributed by atoms with Gasteiger partial charge in [-0.3, -0.25) is 66.6 Å². The molecule has 0 bridgehead atoms. The topological polar surface area (TPSA) is 365 Å². The molecule has 0 spiro atoms. The molecule has 32 nitrogen and oxygen atoms in total. The second-order valence-corrected chi connectivity index (χ2v) is 37.1. The molecule has 4 aliphatic heterocycles. The molecule has 32 heteroatoms. The lowest BCUT2D eigenvalue weighted by atomic mass is 10.0. The monoisotopic (exact) mass is 1970 g/mol. The predicted molar refractivity (Wildman–Crippen MR) is 580 cm³/mol. The van der Waals surface area contributed by atoms with Crippen molar-refractivity contribution in [2.75, 3.05) is 201 Å². The van der Waals surface area contributed by atoms with Crippen molar-refractivity contribution < 1.29 is 28.5 Å². The van der Waals surface area contributed by atoms with E-state index in [9.17, 15) is 28.8 Å². The number of rotatable bonds is 45. The van der Waals surface area contributed by atoms with Gasteiger partial charge >= 0.3 is 0 Å². The molecule has 0 aliphatic carbocycles. The Morgan fingerprint density at radius 3 is 1.06 bits per heavy atom. The second kappa shape index (κ2) is 56.5. The number of piperazine rings is 4. The summed E-state index contributed by atoms with van der Waals surface area (Å²) in [6.07, 6.45) is 11.3. The summed E-state index contributed by atoms with van der Waals surface area (Å²) in [5, 5.41) is 8.62. The highest BCUT2D eigenvalue weighted by atomic mass is 16.5. The maximum Gasteiger partial charge on any atom is 0.266 e. The maximum absolute atomic E-state index is 13.9. The van der Waals surface area contributed by atoms with Crippen molar-refractivity contribution in [3.05, 3.63) is 246 Å². The van der Waals surface area contributed by atoms with Crippen LogP contribution >= 0.6 is 0 Å². The number of ether oxygens (including phenoxy) is 4. The summed E-state index contributed by atoms with van der Waals surface area (Å²) in [7, 11) is 0. The van der Waals surface area contributed by atoms with Crippen LogP contribution in [-0.2, 0) is 48.6 Å². The van der Waals surface area contributed by atoms with Gasteiger partial charge < -0.3 is 72.1 Å². The quantitative estimate of drug-likeness (QED) is 0.0193. The van der Waals surface area contributed by atoms with Gasteiger partial charge in [0, 0.05) is 142 Å². The van der Waals surface area contributed by atoms with Gasteiger partial charge in [-0.2, -0.15) is 0 Å². The number of carbonyl (C=O) groups excluding carboxylic acids is 2. The number of benzene rings is 8. The summed E-state index contributed by atoms with van der Waals surface area (Å²) in [5.41, 5.74) is 31.2. The van der Waals surface area contributed by atoms with Gasteiger partial charge in [0.05, 0.1) is 119 Å². The first-order valence-electron chi connectivity index (χ1n) is 52.6. The van der Waals surface area contributed by atoms with Gasteiger partial charge in [-0.25, -0.2) is 19.9 Å². The molecule has 0 atom stereocenters. The number of nitrogens with two attached hydrogens (primary N) is 4. The number of hydrogen-bond acceptors (Lipinski definition) is 27. The molecule has 4 aliphatic rings. The molecule has 12 aromatic rings. The first-order chi connectivity index (χ1) is 70.3. The van der Waals surface area contributed by atoms with Gasteiger partial charge in [-0.05, 0) is 245 Å². The molecule has 8 aromatic carbocycles. The second-order valence-electron chi connectivity index (χ2n) is 37.1. The molecule has 4 aromatic heterocycles. The SMILES string of the molecule is CCOc1cc(CC(=O)CCCN)ccc1-n1c(CN2CCN(CC)CC2)nc2ccccc2c1=O.CCOc1cc(CCCCCCCN)ccc1-n1c(CN2CCN(CC)CC2)nc2ccccc2c1=O.CCOc1ccccc1-n1c(CN2CCN(CC)CC2)nc2cc(NC(=O)CCCN)ccc2c1=O.CCOc1ccccc1-n1c(CN2CCN(CC)CC2)nc2cc(NCCCCN)ccc2c1=O. The van der Waals surface area contributed by atoms with E-state index >= 15 is 0 Å². The minimum Gasteiger partial charge on any atom is -0.492 e. The number of nitrogens with zero attached hydrogens (tertiary/aromatic N) is 16. The van der Waals surface area contributed by atoms with Crippen molar-refractivity contribution in [3.63, 3.8) is 0 Å². The number of ketones is 1. The zero-order valence-corrected chi connectivity index (χ0v) is 86.2. The van der Waals surface area contributed by atoms with Gasteiger partial charge in [0.1, 0.15) is 52.1 Å². The Morgan fingerprint density at radius 1 is 0.312 bits per heavy atom. The third-order valence-corrected chi connectivity index (χ3v) is 27.2. The molecular formula is C112H154N22O10. The number of aryl methyl sites for hydroxylation is 1. The van der Waals surface area contributed by atoms with Crippen molar-refractivity contribution in [2.24, 2.45) is 22.9 Å². The van der Waals surface area contributed by atoms with E-state index in [0.29, 0.717) is 188 Å². The van der Waals surface area contributed by atoms with Crippen LogP contribution in [0.25, 0.3) is 66.4 Å².